The molecule has 1 amide bonds. The van der Waals surface area contributed by atoms with E-state index in [1.54, 1.807) is 30.5 Å². The summed E-state index contributed by atoms with van der Waals surface area (Å²) in [6, 6.07) is 18.5. The summed E-state index contributed by atoms with van der Waals surface area (Å²) >= 11 is 11.0. The number of nitrogens with one attached hydrogen (secondary N) is 1. The molecule has 3 rings (SSSR count). The first-order valence-corrected chi connectivity index (χ1v) is 9.06. The molecule has 1 N–H and O–H groups in total. The maximum atomic E-state index is 12.6. The molecule has 0 aliphatic heterocycles. The molecule has 2 aromatic carbocycles. The van der Waals surface area contributed by atoms with Gasteiger partial charge in [-0.1, -0.05) is 51.4 Å². The fourth-order valence-corrected chi connectivity index (χ4v) is 3.34. The van der Waals surface area contributed by atoms with Crippen molar-refractivity contribution >= 4 is 50.9 Å². The van der Waals surface area contributed by atoms with Crippen LogP contribution in [0.2, 0.25) is 5.02 Å². The Bertz CT molecular complexity index is 871. The van der Waals surface area contributed by atoms with Crippen molar-refractivity contribution in [2.24, 2.45) is 0 Å². The van der Waals surface area contributed by atoms with Crippen LogP contribution in [-0.2, 0) is 0 Å². The second-order valence-electron chi connectivity index (χ2n) is 4.85. The minimum atomic E-state index is -0.240. The van der Waals surface area contributed by atoms with Crippen LogP contribution < -0.4 is 5.32 Å². The third kappa shape index (κ3) is 4.17. The highest BCUT2D eigenvalue weighted by molar-refractivity contribution is 9.10. The molecule has 0 bridgehead atoms. The summed E-state index contributed by atoms with van der Waals surface area (Å²) in [6.07, 6.45) is 1.67. The van der Waals surface area contributed by atoms with Gasteiger partial charge in [-0.25, -0.2) is 4.98 Å². The van der Waals surface area contributed by atoms with Crippen LogP contribution in [0, 0.1) is 0 Å². The lowest BCUT2D eigenvalue weighted by molar-refractivity contribution is 0.102. The average Bonchev–Trinajstić information content (AvgIpc) is 2.59. The maximum absolute atomic E-state index is 12.6. The molecule has 0 radical (unpaired) electrons. The van der Waals surface area contributed by atoms with Gasteiger partial charge >= 0.3 is 0 Å². The van der Waals surface area contributed by atoms with E-state index < -0.39 is 0 Å². The number of carbonyl (C=O) groups is 1. The lowest BCUT2D eigenvalue weighted by atomic mass is 10.2. The molecule has 0 atom stereocenters. The standard InChI is InChI=1S/C18H12BrClN2OS/c19-12-7-9-13(10-8-12)24-18-14(4-3-11-21-18)17(23)22-16-6-2-1-5-15(16)20/h1-11H,(H,22,23). The molecule has 24 heavy (non-hydrogen) atoms. The van der Waals surface area contributed by atoms with Crippen LogP contribution in [0.25, 0.3) is 0 Å². The third-order valence-corrected chi connectivity index (χ3v) is 5.05. The first kappa shape index (κ1) is 17.0. The number of hydrogen-bond acceptors (Lipinski definition) is 3. The van der Waals surface area contributed by atoms with Crippen molar-refractivity contribution < 1.29 is 4.79 Å². The molecule has 0 aliphatic carbocycles. The van der Waals surface area contributed by atoms with E-state index in [-0.39, 0.29) is 5.91 Å². The molecule has 0 saturated carbocycles. The van der Waals surface area contributed by atoms with Crippen LogP contribution >= 0.6 is 39.3 Å². The van der Waals surface area contributed by atoms with Gasteiger partial charge in [0, 0.05) is 15.6 Å². The number of rotatable bonds is 4. The number of halogens is 2. The van der Waals surface area contributed by atoms with Crippen LogP contribution in [0.5, 0.6) is 0 Å². The first-order valence-electron chi connectivity index (χ1n) is 7.08. The molecule has 0 unspecified atom stereocenters. The first-order chi connectivity index (χ1) is 11.6. The van der Waals surface area contributed by atoms with Gasteiger partial charge in [0.15, 0.2) is 0 Å². The van der Waals surface area contributed by atoms with Gasteiger partial charge in [-0.2, -0.15) is 0 Å². The SMILES string of the molecule is O=C(Nc1ccccc1Cl)c1cccnc1Sc1ccc(Br)cc1. The Balaban J connectivity index is 1.84. The number of hydrogen-bond donors (Lipinski definition) is 1. The van der Waals surface area contributed by atoms with E-state index >= 15 is 0 Å². The van der Waals surface area contributed by atoms with E-state index in [1.807, 2.05) is 36.4 Å². The maximum Gasteiger partial charge on any atom is 0.258 e. The van der Waals surface area contributed by atoms with Gasteiger partial charge in [-0.05, 0) is 48.5 Å². The minimum absolute atomic E-state index is 0.240. The monoisotopic (exact) mass is 418 g/mol. The van der Waals surface area contributed by atoms with Gasteiger partial charge < -0.3 is 5.32 Å². The Morgan fingerprint density at radius 1 is 1.04 bits per heavy atom. The number of anilines is 1. The number of nitrogens with zero attached hydrogens (tertiary/aromatic N) is 1. The smallest absolute Gasteiger partial charge is 0.258 e. The van der Waals surface area contributed by atoms with E-state index in [1.165, 1.54) is 11.8 Å². The highest BCUT2D eigenvalue weighted by Crippen LogP contribution is 2.30. The van der Waals surface area contributed by atoms with Gasteiger partial charge in [0.05, 0.1) is 16.3 Å². The average molecular weight is 420 g/mol. The van der Waals surface area contributed by atoms with Crippen molar-refractivity contribution in [2.45, 2.75) is 9.92 Å². The van der Waals surface area contributed by atoms with E-state index in [0.29, 0.717) is 21.3 Å². The summed E-state index contributed by atoms with van der Waals surface area (Å²) in [5.74, 6) is -0.240. The Hall–Kier alpha value is -1.82. The highest BCUT2D eigenvalue weighted by Gasteiger charge is 2.14. The summed E-state index contributed by atoms with van der Waals surface area (Å²) < 4.78 is 1.00. The zero-order valence-corrected chi connectivity index (χ0v) is 15.5. The van der Waals surface area contributed by atoms with Crippen molar-refractivity contribution in [2.75, 3.05) is 5.32 Å². The van der Waals surface area contributed by atoms with Crippen molar-refractivity contribution in [1.82, 2.24) is 4.98 Å². The molecule has 1 aromatic heterocycles. The van der Waals surface area contributed by atoms with E-state index in [0.717, 1.165) is 9.37 Å². The summed E-state index contributed by atoms with van der Waals surface area (Å²) in [7, 11) is 0. The number of amides is 1. The number of benzene rings is 2. The van der Waals surface area contributed by atoms with Crippen molar-refractivity contribution in [3.8, 4) is 0 Å². The topological polar surface area (TPSA) is 42.0 Å². The van der Waals surface area contributed by atoms with Gasteiger partial charge in [0.1, 0.15) is 5.03 Å². The third-order valence-electron chi connectivity index (χ3n) is 3.17. The summed E-state index contributed by atoms with van der Waals surface area (Å²) in [5, 5.41) is 3.97. The fourth-order valence-electron chi connectivity index (χ4n) is 2.01. The van der Waals surface area contributed by atoms with Crippen molar-refractivity contribution in [3.05, 3.63) is 81.9 Å². The van der Waals surface area contributed by atoms with Crippen LogP contribution in [0.15, 0.2) is 81.3 Å². The molecule has 1 heterocycles. The number of carbonyl (C=O) groups excluding carboxylic acids is 1. The van der Waals surface area contributed by atoms with Crippen LogP contribution in [0.1, 0.15) is 10.4 Å². The Labute approximate surface area is 157 Å². The summed E-state index contributed by atoms with van der Waals surface area (Å²) in [6.45, 7) is 0. The minimum Gasteiger partial charge on any atom is -0.321 e. The second-order valence-corrected chi connectivity index (χ2v) is 7.23. The van der Waals surface area contributed by atoms with Crippen molar-refractivity contribution in [1.29, 1.82) is 0 Å². The molecule has 120 valence electrons. The molecular formula is C18H12BrClN2OS. The largest absolute Gasteiger partial charge is 0.321 e. The van der Waals surface area contributed by atoms with Crippen LogP contribution in [-0.4, -0.2) is 10.9 Å². The predicted octanol–water partition coefficient (Wildman–Crippen LogP) is 5.90. The van der Waals surface area contributed by atoms with Gasteiger partial charge in [0.25, 0.3) is 5.91 Å². The molecule has 3 nitrogen and oxygen atoms in total. The normalized spacial score (nSPS) is 10.4. The quantitative estimate of drug-likeness (QED) is 0.572. The van der Waals surface area contributed by atoms with E-state index in [9.17, 15) is 4.79 Å². The molecule has 6 heteroatoms. The van der Waals surface area contributed by atoms with Crippen molar-refractivity contribution in [3.63, 3.8) is 0 Å². The molecule has 0 aliphatic rings. The molecule has 0 spiro atoms. The Morgan fingerprint density at radius 2 is 1.79 bits per heavy atom. The number of para-hydroxylation sites is 1. The van der Waals surface area contributed by atoms with Gasteiger partial charge in [-0.3, -0.25) is 4.79 Å². The van der Waals surface area contributed by atoms with E-state index in [4.69, 9.17) is 11.6 Å². The molecule has 0 fully saturated rings. The number of pyridine rings is 1. The summed E-state index contributed by atoms with van der Waals surface area (Å²) in [4.78, 5) is 17.9. The molecule has 0 saturated heterocycles. The van der Waals surface area contributed by atoms with E-state index in [2.05, 4.69) is 26.2 Å². The lowest BCUT2D eigenvalue weighted by Gasteiger charge is -2.10. The van der Waals surface area contributed by atoms with Crippen LogP contribution in [0.3, 0.4) is 0 Å². The van der Waals surface area contributed by atoms with Gasteiger partial charge in [0.2, 0.25) is 0 Å². The predicted molar refractivity (Wildman–Crippen MR) is 102 cm³/mol. The Kier molecular flexibility index (Phi) is 5.56. The van der Waals surface area contributed by atoms with Gasteiger partial charge in [-0.15, -0.1) is 0 Å². The van der Waals surface area contributed by atoms with Crippen LogP contribution in [0.4, 0.5) is 5.69 Å². The fraction of sp³-hybridized carbons (Fsp3) is 0. The zero-order valence-electron chi connectivity index (χ0n) is 12.4. The molecule has 3 aromatic rings. The lowest BCUT2D eigenvalue weighted by Crippen LogP contribution is -2.13. The Morgan fingerprint density at radius 3 is 2.54 bits per heavy atom. The molecular weight excluding hydrogens is 408 g/mol. The second kappa shape index (κ2) is 7.83. The summed E-state index contributed by atoms with van der Waals surface area (Å²) in [5.41, 5.74) is 1.08. The zero-order chi connectivity index (χ0) is 16.9. The number of aromatic nitrogens is 1. The highest BCUT2D eigenvalue weighted by atomic mass is 79.9.